The van der Waals surface area contributed by atoms with Gasteiger partial charge in [-0.1, -0.05) is 19.4 Å². The van der Waals surface area contributed by atoms with Crippen LogP contribution < -0.4 is 14.8 Å². The summed E-state index contributed by atoms with van der Waals surface area (Å²) in [5.41, 5.74) is 1.27. The van der Waals surface area contributed by atoms with Gasteiger partial charge in [0.05, 0.1) is 0 Å². The molecule has 1 aromatic carbocycles. The molecule has 1 aliphatic heterocycles. The van der Waals surface area contributed by atoms with Crippen molar-refractivity contribution in [2.75, 3.05) is 6.79 Å². The van der Waals surface area contributed by atoms with Crippen LogP contribution in [0.3, 0.4) is 0 Å². The van der Waals surface area contributed by atoms with Crippen molar-refractivity contribution in [2.24, 2.45) is 5.92 Å². The topological polar surface area (TPSA) is 30.5 Å². The molecule has 0 radical (unpaired) electrons. The second kappa shape index (κ2) is 4.57. The zero-order valence-corrected chi connectivity index (χ0v) is 10.2. The van der Waals surface area contributed by atoms with Gasteiger partial charge in [-0.3, -0.25) is 0 Å². The maximum absolute atomic E-state index is 5.37. The van der Waals surface area contributed by atoms with Gasteiger partial charge in [0, 0.05) is 12.6 Å². The molecule has 1 saturated carbocycles. The third-order valence-electron chi connectivity index (χ3n) is 3.59. The first kappa shape index (κ1) is 10.9. The monoisotopic (exact) mass is 233 g/mol. The molecule has 0 spiro atoms. The molecule has 17 heavy (non-hydrogen) atoms. The van der Waals surface area contributed by atoms with Gasteiger partial charge in [0.1, 0.15) is 0 Å². The predicted octanol–water partition coefficient (Wildman–Crippen LogP) is 2.69. The van der Waals surface area contributed by atoms with Gasteiger partial charge in [-0.05, 0) is 36.5 Å². The zero-order valence-electron chi connectivity index (χ0n) is 10.2. The summed E-state index contributed by atoms with van der Waals surface area (Å²) >= 11 is 0. The average molecular weight is 233 g/mol. The fourth-order valence-electron chi connectivity index (χ4n) is 2.49. The summed E-state index contributed by atoms with van der Waals surface area (Å²) in [6, 6.07) is 6.92. The van der Waals surface area contributed by atoms with Gasteiger partial charge in [-0.2, -0.15) is 0 Å². The molecule has 3 rings (SSSR count). The number of benzene rings is 1. The Morgan fingerprint density at radius 3 is 3.06 bits per heavy atom. The van der Waals surface area contributed by atoms with E-state index >= 15 is 0 Å². The van der Waals surface area contributed by atoms with Crippen LogP contribution in [0.15, 0.2) is 18.2 Å². The number of fused-ring (bicyclic) bond motifs is 1. The van der Waals surface area contributed by atoms with Crippen molar-refractivity contribution in [1.82, 2.24) is 5.32 Å². The molecule has 1 aromatic rings. The van der Waals surface area contributed by atoms with Crippen molar-refractivity contribution in [3.8, 4) is 11.5 Å². The second-order valence-electron chi connectivity index (χ2n) is 4.96. The fraction of sp³-hybridized carbons (Fsp3) is 0.571. The molecule has 92 valence electrons. The molecule has 1 N–H and O–H groups in total. The van der Waals surface area contributed by atoms with E-state index in [9.17, 15) is 0 Å². The number of hydrogen-bond acceptors (Lipinski definition) is 3. The Kier molecular flexibility index (Phi) is 2.93. The third-order valence-corrected chi connectivity index (χ3v) is 3.59. The van der Waals surface area contributed by atoms with E-state index < -0.39 is 0 Å². The molecule has 0 amide bonds. The van der Waals surface area contributed by atoms with Crippen molar-refractivity contribution in [1.29, 1.82) is 0 Å². The maximum Gasteiger partial charge on any atom is 0.231 e. The minimum Gasteiger partial charge on any atom is -0.454 e. The van der Waals surface area contributed by atoms with Gasteiger partial charge in [0.25, 0.3) is 0 Å². The quantitative estimate of drug-likeness (QED) is 0.848. The van der Waals surface area contributed by atoms with E-state index in [1.54, 1.807) is 0 Å². The summed E-state index contributed by atoms with van der Waals surface area (Å²) < 4.78 is 10.7. The van der Waals surface area contributed by atoms with Gasteiger partial charge in [-0.15, -0.1) is 0 Å². The van der Waals surface area contributed by atoms with E-state index in [1.165, 1.54) is 24.8 Å². The molecule has 1 fully saturated rings. The first-order chi connectivity index (χ1) is 8.36. The minimum atomic E-state index is 0.355. The summed E-state index contributed by atoms with van der Waals surface area (Å²) in [6.45, 7) is 3.54. The molecular weight excluding hydrogens is 214 g/mol. The fourth-order valence-corrected chi connectivity index (χ4v) is 2.49. The van der Waals surface area contributed by atoms with E-state index in [2.05, 4.69) is 24.4 Å². The van der Waals surface area contributed by atoms with E-state index in [0.717, 1.165) is 30.0 Å². The van der Waals surface area contributed by atoms with Crippen molar-refractivity contribution >= 4 is 0 Å². The summed E-state index contributed by atoms with van der Waals surface area (Å²) in [5, 5.41) is 3.60. The highest BCUT2D eigenvalue weighted by Crippen LogP contribution is 2.35. The largest absolute Gasteiger partial charge is 0.454 e. The summed E-state index contributed by atoms with van der Waals surface area (Å²) in [6.07, 6.45) is 4.00. The smallest absolute Gasteiger partial charge is 0.231 e. The number of nitrogens with one attached hydrogen (secondary N) is 1. The third kappa shape index (κ3) is 2.39. The maximum atomic E-state index is 5.37. The summed E-state index contributed by atoms with van der Waals surface area (Å²) in [4.78, 5) is 0. The highest BCUT2D eigenvalue weighted by atomic mass is 16.7. The predicted molar refractivity (Wildman–Crippen MR) is 66.2 cm³/mol. The molecule has 0 saturated heterocycles. The zero-order chi connectivity index (χ0) is 11.7. The van der Waals surface area contributed by atoms with Gasteiger partial charge >= 0.3 is 0 Å². The van der Waals surface area contributed by atoms with Crippen molar-refractivity contribution in [3.63, 3.8) is 0 Å². The number of ether oxygens (including phenoxy) is 2. The first-order valence-corrected chi connectivity index (χ1v) is 6.48. The van der Waals surface area contributed by atoms with Gasteiger partial charge in [-0.25, -0.2) is 0 Å². The van der Waals surface area contributed by atoms with Crippen LogP contribution >= 0.6 is 0 Å². The molecule has 1 aliphatic carbocycles. The Bertz CT molecular complexity index is 405. The van der Waals surface area contributed by atoms with Crippen LogP contribution in [0.25, 0.3) is 0 Å². The molecule has 0 aromatic heterocycles. The van der Waals surface area contributed by atoms with Crippen LogP contribution in [0.1, 0.15) is 31.7 Å². The van der Waals surface area contributed by atoms with Crippen molar-refractivity contribution in [2.45, 2.75) is 38.8 Å². The lowest BCUT2D eigenvalue weighted by Crippen LogP contribution is -2.17. The average Bonchev–Trinajstić information content (AvgIpc) is 2.91. The summed E-state index contributed by atoms with van der Waals surface area (Å²) in [5.74, 6) is 2.66. The van der Waals surface area contributed by atoms with Crippen LogP contribution in [0.2, 0.25) is 0 Å². The molecule has 2 aliphatic rings. The number of hydrogen-bond donors (Lipinski definition) is 1. The van der Waals surface area contributed by atoms with Crippen molar-refractivity contribution < 1.29 is 9.47 Å². The Hall–Kier alpha value is -1.22. The number of rotatable bonds is 5. The molecular formula is C14H19NO2. The van der Waals surface area contributed by atoms with Crippen LogP contribution in [0.5, 0.6) is 11.5 Å². The first-order valence-electron chi connectivity index (χ1n) is 6.48. The van der Waals surface area contributed by atoms with Gasteiger partial charge in [0.2, 0.25) is 6.79 Å². The molecule has 2 unspecified atom stereocenters. The van der Waals surface area contributed by atoms with E-state index in [4.69, 9.17) is 9.47 Å². The Balaban J connectivity index is 1.52. The normalized spacial score (nSPS) is 25.0. The SMILES string of the molecule is CCCC1CC1NCc1ccc2c(c1)OCO2. The summed E-state index contributed by atoms with van der Waals surface area (Å²) in [7, 11) is 0. The van der Waals surface area contributed by atoms with Crippen LogP contribution in [0, 0.1) is 5.92 Å². The molecule has 1 heterocycles. The lowest BCUT2D eigenvalue weighted by Gasteiger charge is -2.05. The lowest BCUT2D eigenvalue weighted by molar-refractivity contribution is 0.174. The molecule has 3 nitrogen and oxygen atoms in total. The molecule has 3 heteroatoms. The second-order valence-corrected chi connectivity index (χ2v) is 4.96. The van der Waals surface area contributed by atoms with Crippen LogP contribution in [-0.2, 0) is 6.54 Å². The van der Waals surface area contributed by atoms with E-state index in [1.807, 2.05) is 6.07 Å². The van der Waals surface area contributed by atoms with Gasteiger partial charge < -0.3 is 14.8 Å². The van der Waals surface area contributed by atoms with Crippen LogP contribution in [0.4, 0.5) is 0 Å². The Morgan fingerprint density at radius 1 is 1.29 bits per heavy atom. The Morgan fingerprint density at radius 2 is 2.18 bits per heavy atom. The lowest BCUT2D eigenvalue weighted by atomic mass is 10.2. The standard InChI is InChI=1S/C14H19NO2/c1-2-3-11-7-12(11)15-8-10-4-5-13-14(6-10)17-9-16-13/h4-6,11-12,15H,2-3,7-9H2,1H3. The van der Waals surface area contributed by atoms with E-state index in [-0.39, 0.29) is 0 Å². The van der Waals surface area contributed by atoms with E-state index in [0.29, 0.717) is 6.79 Å². The van der Waals surface area contributed by atoms with Crippen LogP contribution in [-0.4, -0.2) is 12.8 Å². The molecule has 2 atom stereocenters. The van der Waals surface area contributed by atoms with Crippen molar-refractivity contribution in [3.05, 3.63) is 23.8 Å². The highest BCUT2D eigenvalue weighted by molar-refractivity contribution is 5.44. The minimum absolute atomic E-state index is 0.355. The molecule has 0 bridgehead atoms. The Labute approximate surface area is 102 Å². The van der Waals surface area contributed by atoms with Gasteiger partial charge in [0.15, 0.2) is 11.5 Å². The highest BCUT2D eigenvalue weighted by Gasteiger charge is 2.35.